The molecule has 3 aromatic rings. The van der Waals surface area contributed by atoms with Crippen LogP contribution in [0.4, 0.5) is 0 Å². The van der Waals surface area contributed by atoms with Crippen molar-refractivity contribution in [2.24, 2.45) is 5.73 Å². The molecule has 0 unspecified atom stereocenters. The zero-order chi connectivity index (χ0) is 14.8. The van der Waals surface area contributed by atoms with Gasteiger partial charge in [0.25, 0.3) is 0 Å². The fourth-order valence-corrected chi connectivity index (χ4v) is 2.56. The summed E-state index contributed by atoms with van der Waals surface area (Å²) in [6.07, 6.45) is 2.16. The van der Waals surface area contributed by atoms with Crippen LogP contribution in [0.1, 0.15) is 5.56 Å². The Hall–Kier alpha value is -2.30. The quantitative estimate of drug-likeness (QED) is 0.691. The third-order valence-electron chi connectivity index (χ3n) is 3.64. The number of hydrogen-bond donors (Lipinski definition) is 3. The van der Waals surface area contributed by atoms with E-state index >= 15 is 0 Å². The standard InChI is InChI=1S/C17H16N2O2.ClH/c18-15(17(20)21)9-12-10-19-16-13(7-4-8-14(12)16)11-5-2-1-3-6-11;/h1-8,10,15,19H,9,18H2,(H,20,21);1H/t15-;/m0./s1. The summed E-state index contributed by atoms with van der Waals surface area (Å²) in [5.41, 5.74) is 9.80. The van der Waals surface area contributed by atoms with Gasteiger partial charge < -0.3 is 15.8 Å². The highest BCUT2D eigenvalue weighted by Gasteiger charge is 2.16. The van der Waals surface area contributed by atoms with Crippen LogP contribution in [0.25, 0.3) is 22.0 Å². The maximum absolute atomic E-state index is 10.9. The van der Waals surface area contributed by atoms with Gasteiger partial charge in [-0.25, -0.2) is 0 Å². The number of hydrogen-bond acceptors (Lipinski definition) is 2. The highest BCUT2D eigenvalue weighted by atomic mass is 35.5. The van der Waals surface area contributed by atoms with Crippen LogP contribution in [0.5, 0.6) is 0 Å². The van der Waals surface area contributed by atoms with Crippen LogP contribution in [0.2, 0.25) is 0 Å². The number of nitrogens with two attached hydrogens (primary N) is 1. The number of carbonyl (C=O) groups is 1. The van der Waals surface area contributed by atoms with Crippen molar-refractivity contribution >= 4 is 29.3 Å². The fourth-order valence-electron chi connectivity index (χ4n) is 2.56. The topological polar surface area (TPSA) is 79.1 Å². The summed E-state index contributed by atoms with van der Waals surface area (Å²) in [5, 5.41) is 9.97. The molecule has 3 rings (SSSR count). The van der Waals surface area contributed by atoms with E-state index in [9.17, 15) is 4.79 Å². The molecule has 0 bridgehead atoms. The molecule has 5 heteroatoms. The molecule has 0 spiro atoms. The monoisotopic (exact) mass is 316 g/mol. The van der Waals surface area contributed by atoms with Crippen LogP contribution < -0.4 is 5.73 Å². The Morgan fingerprint density at radius 3 is 2.55 bits per heavy atom. The van der Waals surface area contributed by atoms with E-state index in [1.165, 1.54) is 0 Å². The van der Waals surface area contributed by atoms with Crippen LogP contribution in [0.15, 0.2) is 54.7 Å². The molecule has 1 atom stereocenters. The highest BCUT2D eigenvalue weighted by molar-refractivity contribution is 5.96. The van der Waals surface area contributed by atoms with E-state index in [0.717, 1.165) is 27.6 Å². The lowest BCUT2D eigenvalue weighted by molar-refractivity contribution is -0.138. The number of aliphatic carboxylic acids is 1. The van der Waals surface area contributed by atoms with Gasteiger partial charge in [-0.2, -0.15) is 0 Å². The lowest BCUT2D eigenvalue weighted by Crippen LogP contribution is -2.32. The van der Waals surface area contributed by atoms with Crippen LogP contribution >= 0.6 is 12.4 Å². The largest absolute Gasteiger partial charge is 0.480 e. The van der Waals surface area contributed by atoms with Crippen molar-refractivity contribution in [2.45, 2.75) is 12.5 Å². The van der Waals surface area contributed by atoms with E-state index in [1.807, 2.05) is 36.5 Å². The number of fused-ring (bicyclic) bond motifs is 1. The van der Waals surface area contributed by atoms with E-state index in [-0.39, 0.29) is 12.4 Å². The summed E-state index contributed by atoms with van der Waals surface area (Å²) in [6, 6.07) is 15.2. The van der Waals surface area contributed by atoms with Crippen molar-refractivity contribution in [3.8, 4) is 11.1 Å². The molecule has 1 aromatic heterocycles. The van der Waals surface area contributed by atoms with Crippen LogP contribution in [-0.2, 0) is 11.2 Å². The number of H-pyrrole nitrogens is 1. The molecule has 0 saturated heterocycles. The van der Waals surface area contributed by atoms with Crippen LogP contribution in [0.3, 0.4) is 0 Å². The molecule has 2 aromatic carbocycles. The maximum Gasteiger partial charge on any atom is 0.320 e. The van der Waals surface area contributed by atoms with Crippen LogP contribution in [0, 0.1) is 0 Å². The van der Waals surface area contributed by atoms with Gasteiger partial charge in [0.2, 0.25) is 0 Å². The van der Waals surface area contributed by atoms with Gasteiger partial charge in [-0.05, 0) is 11.1 Å². The highest BCUT2D eigenvalue weighted by Crippen LogP contribution is 2.29. The molecule has 22 heavy (non-hydrogen) atoms. The van der Waals surface area contributed by atoms with Crippen molar-refractivity contribution in [1.29, 1.82) is 0 Å². The Morgan fingerprint density at radius 2 is 1.86 bits per heavy atom. The number of halogens is 1. The number of benzene rings is 2. The SMILES string of the molecule is Cl.N[C@@H](Cc1c[nH]c2c(-c3ccccc3)cccc12)C(=O)O. The first-order chi connectivity index (χ1) is 10.2. The number of nitrogens with one attached hydrogen (secondary N) is 1. The Kier molecular flexibility index (Phi) is 4.85. The molecule has 0 radical (unpaired) electrons. The average Bonchev–Trinajstić information content (AvgIpc) is 2.91. The van der Waals surface area contributed by atoms with Gasteiger partial charge in [-0.3, -0.25) is 4.79 Å². The first kappa shape index (κ1) is 16.1. The Labute approximate surface area is 134 Å². The normalized spacial score (nSPS) is 11.9. The van der Waals surface area contributed by atoms with Gasteiger partial charge >= 0.3 is 5.97 Å². The molecule has 0 aliphatic rings. The molecule has 0 aliphatic heterocycles. The average molecular weight is 317 g/mol. The summed E-state index contributed by atoms with van der Waals surface area (Å²) in [4.78, 5) is 14.2. The minimum atomic E-state index is -0.983. The molecule has 0 saturated carbocycles. The lowest BCUT2D eigenvalue weighted by Gasteiger charge is -2.06. The van der Waals surface area contributed by atoms with Crippen molar-refractivity contribution in [1.82, 2.24) is 4.98 Å². The smallest absolute Gasteiger partial charge is 0.320 e. The molecule has 1 heterocycles. The minimum absolute atomic E-state index is 0. The molecule has 4 N–H and O–H groups in total. The van der Waals surface area contributed by atoms with Gasteiger partial charge in [-0.1, -0.05) is 48.5 Å². The number of carboxylic acids is 1. The third-order valence-corrected chi connectivity index (χ3v) is 3.64. The number of aromatic nitrogens is 1. The van der Waals surface area contributed by atoms with Gasteiger partial charge in [0.1, 0.15) is 6.04 Å². The van der Waals surface area contributed by atoms with Gasteiger partial charge in [0.15, 0.2) is 0 Å². The summed E-state index contributed by atoms with van der Waals surface area (Å²) in [7, 11) is 0. The molecule has 0 aliphatic carbocycles. The number of aromatic amines is 1. The molecule has 114 valence electrons. The lowest BCUT2D eigenvalue weighted by atomic mass is 10.00. The van der Waals surface area contributed by atoms with E-state index < -0.39 is 12.0 Å². The number of carboxylic acid groups (broad SMARTS) is 1. The van der Waals surface area contributed by atoms with Crippen molar-refractivity contribution < 1.29 is 9.90 Å². The molecular weight excluding hydrogens is 300 g/mol. The first-order valence-electron chi connectivity index (χ1n) is 6.79. The second-order valence-corrected chi connectivity index (χ2v) is 5.06. The molecule has 4 nitrogen and oxygen atoms in total. The molecule has 0 fully saturated rings. The van der Waals surface area contributed by atoms with E-state index in [1.54, 1.807) is 0 Å². The van der Waals surface area contributed by atoms with Gasteiger partial charge in [0.05, 0.1) is 5.52 Å². The van der Waals surface area contributed by atoms with Crippen LogP contribution in [-0.4, -0.2) is 22.1 Å². The summed E-state index contributed by atoms with van der Waals surface area (Å²) in [5.74, 6) is -0.983. The third kappa shape index (κ3) is 2.98. The van der Waals surface area contributed by atoms with E-state index in [4.69, 9.17) is 10.8 Å². The Balaban J connectivity index is 0.00000176. The van der Waals surface area contributed by atoms with Gasteiger partial charge in [0, 0.05) is 23.6 Å². The summed E-state index contributed by atoms with van der Waals surface area (Å²) < 4.78 is 0. The fraction of sp³-hybridized carbons (Fsp3) is 0.118. The zero-order valence-electron chi connectivity index (χ0n) is 11.8. The summed E-state index contributed by atoms with van der Waals surface area (Å²) >= 11 is 0. The number of para-hydroxylation sites is 1. The molecular formula is C17H17ClN2O2. The van der Waals surface area contributed by atoms with Crippen molar-refractivity contribution in [2.75, 3.05) is 0 Å². The minimum Gasteiger partial charge on any atom is -0.480 e. The second-order valence-electron chi connectivity index (χ2n) is 5.06. The van der Waals surface area contributed by atoms with E-state index in [0.29, 0.717) is 6.42 Å². The van der Waals surface area contributed by atoms with Crippen molar-refractivity contribution in [3.05, 3.63) is 60.3 Å². The predicted octanol–water partition coefficient (Wildman–Crippen LogP) is 3.21. The first-order valence-corrected chi connectivity index (χ1v) is 6.79. The summed E-state index contributed by atoms with van der Waals surface area (Å²) in [6.45, 7) is 0. The zero-order valence-corrected chi connectivity index (χ0v) is 12.6. The van der Waals surface area contributed by atoms with E-state index in [2.05, 4.69) is 23.2 Å². The Bertz CT molecular complexity index is 784. The predicted molar refractivity (Wildman–Crippen MR) is 90.3 cm³/mol. The van der Waals surface area contributed by atoms with Gasteiger partial charge in [-0.15, -0.1) is 12.4 Å². The maximum atomic E-state index is 10.9. The molecule has 0 amide bonds. The Morgan fingerprint density at radius 1 is 1.14 bits per heavy atom. The van der Waals surface area contributed by atoms with Crippen molar-refractivity contribution in [3.63, 3.8) is 0 Å². The number of rotatable bonds is 4. The second kappa shape index (κ2) is 6.64.